The Kier molecular flexibility index (Phi) is 4.52. The lowest BCUT2D eigenvalue weighted by molar-refractivity contribution is 0.0697. The fourth-order valence-electron chi connectivity index (χ4n) is 3.98. The zero-order valence-corrected chi connectivity index (χ0v) is 17.1. The Morgan fingerprint density at radius 3 is 2.09 bits per heavy atom. The van der Waals surface area contributed by atoms with Crippen LogP contribution in [0.15, 0.2) is 78.9 Å². The van der Waals surface area contributed by atoms with E-state index in [1.165, 1.54) is 28.8 Å². The first-order valence-corrected chi connectivity index (χ1v) is 10.0. The number of nitrogens with zero attached hydrogens (tertiary/aromatic N) is 2. The van der Waals surface area contributed by atoms with E-state index in [0.717, 1.165) is 16.8 Å². The van der Waals surface area contributed by atoms with Crippen molar-refractivity contribution in [2.45, 2.75) is 13.0 Å². The molecule has 0 amide bonds. The summed E-state index contributed by atoms with van der Waals surface area (Å²) in [4.78, 5) is 17.2. The third kappa shape index (κ3) is 3.02. The van der Waals surface area contributed by atoms with E-state index in [0.29, 0.717) is 11.3 Å². The van der Waals surface area contributed by atoms with E-state index in [9.17, 15) is 15.0 Å². The van der Waals surface area contributed by atoms with E-state index in [-0.39, 0.29) is 23.1 Å². The number of carboxylic acids is 1. The van der Waals surface area contributed by atoms with Crippen LogP contribution in [0.4, 0.5) is 5.69 Å². The lowest BCUT2D eigenvalue weighted by Crippen LogP contribution is -2.27. The van der Waals surface area contributed by atoms with E-state index in [2.05, 4.69) is 0 Å². The number of aryl methyl sites for hydroxylation is 1. The minimum atomic E-state index is -1.05. The molecular weight excluding hydrogens is 408 g/mol. The molecule has 4 aromatic rings. The normalized spacial score (nSPS) is 14.8. The van der Waals surface area contributed by atoms with Crippen molar-refractivity contribution < 1.29 is 25.0 Å². The van der Waals surface area contributed by atoms with E-state index in [1.54, 1.807) is 5.06 Å². The molecule has 0 bridgehead atoms. The van der Waals surface area contributed by atoms with Gasteiger partial charge in [-0.25, -0.2) is 9.36 Å². The Morgan fingerprint density at radius 1 is 0.844 bits per heavy atom. The van der Waals surface area contributed by atoms with Gasteiger partial charge < -0.3 is 20.2 Å². The first-order chi connectivity index (χ1) is 15.5. The molecule has 0 saturated heterocycles. The summed E-state index contributed by atoms with van der Waals surface area (Å²) in [6.45, 7) is 1.99. The number of carbonyl (C=O) groups is 1. The Labute approximate surface area is 183 Å². The van der Waals surface area contributed by atoms with Crippen LogP contribution in [-0.4, -0.2) is 25.9 Å². The third-order valence-electron chi connectivity index (χ3n) is 5.59. The first kappa shape index (κ1) is 19.6. The number of carboxylic acid groups (broad SMARTS) is 1. The number of hydrogen-bond donors (Lipinski definition) is 3. The quantitative estimate of drug-likeness (QED) is 0.432. The van der Waals surface area contributed by atoms with Gasteiger partial charge in [0.15, 0.2) is 0 Å². The standard InChI is InChI=1S/C25H20N2O5/c1-15-7-11-19(12-8-15)27-21(16-5-3-2-4-6-16)20-22(32-27)24(29)26(23(20)28)18-13-9-17(10-14-18)25(30)31/h2-14,21,28-29H,1H3,(H,30,31)/t21-/m0/s1. The molecule has 7 heteroatoms. The van der Waals surface area contributed by atoms with Gasteiger partial charge in [-0.05, 0) is 48.9 Å². The average Bonchev–Trinajstić information content (AvgIpc) is 3.31. The van der Waals surface area contributed by atoms with Crippen LogP contribution in [0.3, 0.4) is 0 Å². The molecular formula is C25H20N2O5. The molecule has 2 heterocycles. The summed E-state index contributed by atoms with van der Waals surface area (Å²) < 4.78 is 1.25. The number of hydroxylamine groups is 1. The van der Waals surface area contributed by atoms with E-state index in [1.807, 2.05) is 61.5 Å². The van der Waals surface area contributed by atoms with Crippen molar-refractivity contribution in [3.05, 3.63) is 101 Å². The summed E-state index contributed by atoms with van der Waals surface area (Å²) in [5.74, 6) is -1.35. The SMILES string of the molecule is Cc1ccc(N2Oc3c(c(O)n(-c4ccc(C(=O)O)cc4)c3O)[C@@H]2c2ccccc2)cc1. The molecule has 3 N–H and O–H groups in total. The monoisotopic (exact) mass is 428 g/mol. The summed E-state index contributed by atoms with van der Waals surface area (Å²) in [5, 5.41) is 33.0. The fourth-order valence-corrected chi connectivity index (χ4v) is 3.98. The number of hydrogen-bond acceptors (Lipinski definition) is 5. The van der Waals surface area contributed by atoms with Crippen LogP contribution in [0.25, 0.3) is 5.69 Å². The van der Waals surface area contributed by atoms with Gasteiger partial charge in [0.2, 0.25) is 17.5 Å². The van der Waals surface area contributed by atoms with E-state index >= 15 is 0 Å². The van der Waals surface area contributed by atoms with Gasteiger partial charge in [-0.2, -0.15) is 5.06 Å². The van der Waals surface area contributed by atoms with Crippen molar-refractivity contribution in [3.63, 3.8) is 0 Å². The minimum Gasteiger partial charge on any atom is -0.494 e. The van der Waals surface area contributed by atoms with Gasteiger partial charge in [-0.3, -0.25) is 0 Å². The van der Waals surface area contributed by atoms with Gasteiger partial charge in [0.05, 0.1) is 22.5 Å². The summed E-state index contributed by atoms with van der Waals surface area (Å²) in [7, 11) is 0. The Hall–Kier alpha value is -4.39. The van der Waals surface area contributed by atoms with Crippen LogP contribution in [0, 0.1) is 6.92 Å². The number of aromatic carboxylic acids is 1. The second-order valence-corrected chi connectivity index (χ2v) is 7.64. The van der Waals surface area contributed by atoms with Crippen LogP contribution < -0.4 is 9.90 Å². The van der Waals surface area contributed by atoms with Crippen molar-refractivity contribution >= 4 is 11.7 Å². The van der Waals surface area contributed by atoms with E-state index in [4.69, 9.17) is 9.94 Å². The summed E-state index contributed by atoms with van der Waals surface area (Å²) in [5.41, 5.74) is 3.70. The predicted molar refractivity (Wildman–Crippen MR) is 119 cm³/mol. The molecule has 5 rings (SSSR count). The molecule has 1 atom stereocenters. The molecule has 0 radical (unpaired) electrons. The molecule has 1 aliphatic rings. The van der Waals surface area contributed by atoms with Crippen molar-refractivity contribution in [2.24, 2.45) is 0 Å². The van der Waals surface area contributed by atoms with Crippen molar-refractivity contribution in [3.8, 4) is 23.2 Å². The molecule has 1 aromatic heterocycles. The highest BCUT2D eigenvalue weighted by Gasteiger charge is 2.43. The average molecular weight is 428 g/mol. The summed E-state index contributed by atoms with van der Waals surface area (Å²) >= 11 is 0. The molecule has 7 nitrogen and oxygen atoms in total. The number of aromatic hydroxyl groups is 2. The van der Waals surface area contributed by atoms with E-state index < -0.39 is 12.0 Å². The molecule has 32 heavy (non-hydrogen) atoms. The highest BCUT2D eigenvalue weighted by atomic mass is 16.7. The van der Waals surface area contributed by atoms with Crippen molar-refractivity contribution in [1.29, 1.82) is 0 Å². The van der Waals surface area contributed by atoms with Crippen molar-refractivity contribution in [2.75, 3.05) is 5.06 Å². The number of anilines is 1. The molecule has 0 unspecified atom stereocenters. The fraction of sp³-hybridized carbons (Fsp3) is 0.0800. The molecule has 160 valence electrons. The first-order valence-electron chi connectivity index (χ1n) is 10.0. The number of fused-ring (bicyclic) bond motifs is 1. The third-order valence-corrected chi connectivity index (χ3v) is 5.59. The van der Waals surface area contributed by atoms with Gasteiger partial charge in [0.1, 0.15) is 6.04 Å². The summed E-state index contributed by atoms with van der Waals surface area (Å²) in [6, 6.07) is 22.7. The second-order valence-electron chi connectivity index (χ2n) is 7.64. The molecule has 1 aliphatic heterocycles. The zero-order chi connectivity index (χ0) is 22.4. The molecule has 0 aliphatic carbocycles. The molecule has 0 saturated carbocycles. The van der Waals surface area contributed by atoms with Crippen LogP contribution >= 0.6 is 0 Å². The Morgan fingerprint density at radius 2 is 1.47 bits per heavy atom. The van der Waals surface area contributed by atoms with Gasteiger partial charge >= 0.3 is 5.97 Å². The maximum atomic E-state index is 11.2. The molecule has 0 spiro atoms. The van der Waals surface area contributed by atoms with Gasteiger partial charge in [-0.1, -0.05) is 48.0 Å². The van der Waals surface area contributed by atoms with Gasteiger partial charge in [0, 0.05) is 0 Å². The van der Waals surface area contributed by atoms with Crippen LogP contribution in [0.5, 0.6) is 17.5 Å². The number of benzene rings is 3. The Balaban J connectivity index is 1.65. The lowest BCUT2D eigenvalue weighted by atomic mass is 10.00. The number of aromatic nitrogens is 1. The highest BCUT2D eigenvalue weighted by Crippen LogP contribution is 2.54. The summed E-state index contributed by atoms with van der Waals surface area (Å²) in [6.07, 6.45) is 0. The van der Waals surface area contributed by atoms with Crippen LogP contribution in [0.2, 0.25) is 0 Å². The van der Waals surface area contributed by atoms with Gasteiger partial charge in [0.25, 0.3) is 0 Å². The number of rotatable bonds is 4. The smallest absolute Gasteiger partial charge is 0.335 e. The minimum absolute atomic E-state index is 0.108. The Bertz CT molecular complexity index is 1300. The largest absolute Gasteiger partial charge is 0.494 e. The maximum absolute atomic E-state index is 11.2. The van der Waals surface area contributed by atoms with Crippen LogP contribution in [-0.2, 0) is 0 Å². The second kappa shape index (κ2) is 7.39. The molecule has 0 fully saturated rings. The van der Waals surface area contributed by atoms with Crippen molar-refractivity contribution in [1.82, 2.24) is 4.57 Å². The highest BCUT2D eigenvalue weighted by molar-refractivity contribution is 5.87. The van der Waals surface area contributed by atoms with Gasteiger partial charge in [-0.15, -0.1) is 0 Å². The molecule has 3 aromatic carbocycles. The van der Waals surface area contributed by atoms with Crippen LogP contribution in [0.1, 0.15) is 33.1 Å². The lowest BCUT2D eigenvalue weighted by Gasteiger charge is -2.26. The predicted octanol–water partition coefficient (Wildman–Crippen LogP) is 4.80. The topological polar surface area (TPSA) is 95.2 Å². The maximum Gasteiger partial charge on any atom is 0.335 e. The zero-order valence-electron chi connectivity index (χ0n) is 17.1.